The lowest BCUT2D eigenvalue weighted by Crippen LogP contribution is -2.54. The Morgan fingerprint density at radius 1 is 1.14 bits per heavy atom. The minimum atomic E-state index is -0.848. The maximum atomic E-state index is 14.3. The first-order valence-electron chi connectivity index (χ1n) is 14.7. The summed E-state index contributed by atoms with van der Waals surface area (Å²) in [5, 5.41) is 11.8. The Morgan fingerprint density at radius 2 is 1.91 bits per heavy atom. The highest BCUT2D eigenvalue weighted by atomic mass is 16.6. The summed E-state index contributed by atoms with van der Waals surface area (Å²) in [6.07, 6.45) is 4.03. The van der Waals surface area contributed by atoms with Crippen molar-refractivity contribution < 1.29 is 23.9 Å². The van der Waals surface area contributed by atoms with E-state index in [4.69, 9.17) is 9.47 Å². The molecule has 1 aromatic heterocycles. The van der Waals surface area contributed by atoms with Crippen LogP contribution in [-0.2, 0) is 27.3 Å². The normalized spacial score (nSPS) is 15.7. The smallest absolute Gasteiger partial charge is 0.410 e. The van der Waals surface area contributed by atoms with E-state index >= 15 is 0 Å². The van der Waals surface area contributed by atoms with Gasteiger partial charge in [0, 0.05) is 30.1 Å². The molecule has 10 nitrogen and oxygen atoms in total. The zero-order chi connectivity index (χ0) is 31.6. The number of methoxy groups -OCH3 is 1. The van der Waals surface area contributed by atoms with Crippen LogP contribution in [0.4, 0.5) is 10.5 Å². The van der Waals surface area contributed by atoms with E-state index in [0.717, 1.165) is 38.7 Å². The number of carbonyl (C=O) groups excluding carboxylic acids is 3. The maximum Gasteiger partial charge on any atom is 0.410 e. The van der Waals surface area contributed by atoms with Gasteiger partial charge in [0.1, 0.15) is 23.4 Å². The summed E-state index contributed by atoms with van der Waals surface area (Å²) in [5.41, 5.74) is 3.96. The summed E-state index contributed by atoms with van der Waals surface area (Å²) < 4.78 is 11.2. The third kappa shape index (κ3) is 6.39. The topological polar surface area (TPSA) is 117 Å². The zero-order valence-corrected chi connectivity index (χ0v) is 26.0. The molecule has 0 aliphatic carbocycles. The Hall–Kier alpha value is -4.86. The maximum absolute atomic E-state index is 14.3. The van der Waals surface area contributed by atoms with Crippen LogP contribution in [0, 0.1) is 0 Å². The lowest BCUT2D eigenvalue weighted by atomic mass is 9.98. The molecule has 0 saturated heterocycles. The average molecular weight is 598 g/mol. The highest BCUT2D eigenvalue weighted by Gasteiger charge is 2.35. The number of aryl methyl sites for hydroxylation is 1. The van der Waals surface area contributed by atoms with Gasteiger partial charge >= 0.3 is 6.09 Å². The van der Waals surface area contributed by atoms with Crippen molar-refractivity contribution >= 4 is 34.4 Å². The molecule has 230 valence electrons. The number of nitrogens with one attached hydrogen (secondary N) is 2. The van der Waals surface area contributed by atoms with Crippen LogP contribution in [0.1, 0.15) is 45.2 Å². The van der Waals surface area contributed by atoms with Gasteiger partial charge in [-0.05, 0) is 80.6 Å². The average Bonchev–Trinajstić information content (AvgIpc) is 3.51. The Morgan fingerprint density at radius 3 is 2.61 bits per heavy atom. The second-order valence-electron chi connectivity index (χ2n) is 12.1. The van der Waals surface area contributed by atoms with Gasteiger partial charge in [0.2, 0.25) is 11.8 Å². The molecule has 0 unspecified atom stereocenters. The van der Waals surface area contributed by atoms with E-state index in [2.05, 4.69) is 21.6 Å². The Balaban J connectivity index is 1.45. The summed E-state index contributed by atoms with van der Waals surface area (Å²) in [5.74, 6) is -0.00194. The van der Waals surface area contributed by atoms with Gasteiger partial charge in [-0.15, -0.1) is 0 Å². The summed E-state index contributed by atoms with van der Waals surface area (Å²) in [7, 11) is 3.13. The number of amides is 3. The van der Waals surface area contributed by atoms with Crippen molar-refractivity contribution in [2.24, 2.45) is 0 Å². The van der Waals surface area contributed by atoms with Crippen LogP contribution in [0.2, 0.25) is 0 Å². The Kier molecular flexibility index (Phi) is 8.62. The molecule has 10 heteroatoms. The second-order valence-corrected chi connectivity index (χ2v) is 12.1. The van der Waals surface area contributed by atoms with Crippen LogP contribution in [0.5, 0.6) is 5.75 Å². The molecular formula is C34H39N5O5. The number of hydrogen-bond acceptors (Lipinski definition) is 6. The molecule has 44 heavy (non-hydrogen) atoms. The summed E-state index contributed by atoms with van der Waals surface area (Å²) in [4.78, 5) is 43.2. The number of nitrogens with zero attached hydrogens (tertiary/aromatic N) is 3. The predicted octanol–water partition coefficient (Wildman–Crippen LogP) is 5.46. The van der Waals surface area contributed by atoms with Crippen molar-refractivity contribution in [2.75, 3.05) is 19.1 Å². The number of H-pyrrole nitrogens is 1. The third-order valence-corrected chi connectivity index (χ3v) is 7.96. The number of ether oxygens (including phenoxy) is 2. The van der Waals surface area contributed by atoms with Crippen LogP contribution < -0.4 is 15.0 Å². The predicted molar refractivity (Wildman–Crippen MR) is 169 cm³/mol. The van der Waals surface area contributed by atoms with E-state index in [1.165, 1.54) is 11.9 Å². The van der Waals surface area contributed by atoms with Crippen molar-refractivity contribution in [2.45, 2.75) is 64.8 Å². The zero-order valence-electron chi connectivity index (χ0n) is 26.0. The quantitative estimate of drug-likeness (QED) is 0.292. The van der Waals surface area contributed by atoms with Crippen molar-refractivity contribution in [3.8, 4) is 16.9 Å². The van der Waals surface area contributed by atoms with E-state index in [-0.39, 0.29) is 12.5 Å². The number of benzene rings is 3. The molecule has 2 atom stereocenters. The SMILES string of the molecule is COc1ccc2cc(-c3cn[nH]c3)ccc2c1CN1C(=O)[C@@H](NC(=O)[C@H](C)N(C)C(=O)OC(C)(C)C)CCc2ccccc21. The molecule has 0 bridgehead atoms. The number of para-hydroxylation sites is 1. The first-order valence-corrected chi connectivity index (χ1v) is 14.7. The molecular weight excluding hydrogens is 558 g/mol. The van der Waals surface area contributed by atoms with Gasteiger partial charge in [0.25, 0.3) is 0 Å². The molecule has 0 fully saturated rings. The molecule has 0 spiro atoms. The lowest BCUT2D eigenvalue weighted by Gasteiger charge is -2.30. The Bertz CT molecular complexity index is 1680. The third-order valence-electron chi connectivity index (χ3n) is 7.96. The minimum absolute atomic E-state index is 0.232. The molecule has 3 aromatic carbocycles. The van der Waals surface area contributed by atoms with Crippen molar-refractivity contribution in [1.29, 1.82) is 0 Å². The molecule has 0 radical (unpaired) electrons. The second kappa shape index (κ2) is 12.4. The summed E-state index contributed by atoms with van der Waals surface area (Å²) >= 11 is 0. The first-order chi connectivity index (χ1) is 21.0. The molecule has 5 rings (SSSR count). The summed E-state index contributed by atoms with van der Waals surface area (Å²) in [6.45, 7) is 7.16. The fourth-order valence-corrected chi connectivity index (χ4v) is 5.45. The number of hydrogen-bond donors (Lipinski definition) is 2. The van der Waals surface area contributed by atoms with Crippen LogP contribution in [0.25, 0.3) is 21.9 Å². The number of likely N-dealkylation sites (N-methyl/N-ethyl adjacent to an activating group) is 1. The van der Waals surface area contributed by atoms with Gasteiger partial charge in [0.05, 0.1) is 19.9 Å². The monoisotopic (exact) mass is 597 g/mol. The van der Waals surface area contributed by atoms with Crippen molar-refractivity contribution in [3.63, 3.8) is 0 Å². The van der Waals surface area contributed by atoms with Crippen LogP contribution in [0.3, 0.4) is 0 Å². The standard InChI is InChI=1S/C34H39N5O5/c1-21(38(5)33(42)44-34(2,3)4)31(40)37-28-15-12-22-9-7-8-10-29(22)39(32(28)41)20-27-26-14-11-23(25-18-35-36-19-25)17-24(26)13-16-30(27)43-6/h7-11,13-14,16-19,21,28H,12,15,20H2,1-6H3,(H,35,36)(H,37,40)/t21-,28-/m0/s1. The van der Waals surface area contributed by atoms with Gasteiger partial charge in [-0.3, -0.25) is 19.6 Å². The van der Waals surface area contributed by atoms with E-state index in [1.807, 2.05) is 54.7 Å². The van der Waals surface area contributed by atoms with Gasteiger partial charge in [-0.2, -0.15) is 5.10 Å². The summed E-state index contributed by atoms with van der Waals surface area (Å²) in [6, 6.07) is 16.2. The highest BCUT2D eigenvalue weighted by molar-refractivity contribution is 6.02. The molecule has 1 aliphatic heterocycles. The van der Waals surface area contributed by atoms with Crippen molar-refractivity contribution in [1.82, 2.24) is 20.4 Å². The van der Waals surface area contributed by atoms with E-state index in [9.17, 15) is 14.4 Å². The number of carbonyl (C=O) groups is 3. The minimum Gasteiger partial charge on any atom is -0.496 e. The van der Waals surface area contributed by atoms with Crippen molar-refractivity contribution in [3.05, 3.63) is 78.1 Å². The van der Waals surface area contributed by atoms with E-state index in [0.29, 0.717) is 18.6 Å². The molecule has 0 saturated carbocycles. The van der Waals surface area contributed by atoms with Crippen LogP contribution in [-0.4, -0.2) is 64.8 Å². The van der Waals surface area contributed by atoms with Crippen LogP contribution in [0.15, 0.2) is 67.0 Å². The van der Waals surface area contributed by atoms with Gasteiger partial charge in [-0.1, -0.05) is 36.4 Å². The fourth-order valence-electron chi connectivity index (χ4n) is 5.45. The number of fused-ring (bicyclic) bond motifs is 2. The van der Waals surface area contributed by atoms with E-state index < -0.39 is 29.7 Å². The van der Waals surface area contributed by atoms with Gasteiger partial charge in [0.15, 0.2) is 0 Å². The molecule has 2 heterocycles. The number of aromatic amines is 1. The molecule has 2 N–H and O–H groups in total. The Labute approximate surface area is 257 Å². The van der Waals surface area contributed by atoms with Crippen LogP contribution >= 0.6 is 0 Å². The molecule has 3 amide bonds. The number of aromatic nitrogens is 2. The first kappa shape index (κ1) is 30.6. The largest absolute Gasteiger partial charge is 0.496 e. The van der Waals surface area contributed by atoms with E-state index in [1.54, 1.807) is 45.9 Å². The number of rotatable bonds is 7. The lowest BCUT2D eigenvalue weighted by molar-refractivity contribution is -0.130. The fraction of sp³-hybridized carbons (Fsp3) is 0.353. The van der Waals surface area contributed by atoms with Gasteiger partial charge in [-0.25, -0.2) is 4.79 Å². The van der Waals surface area contributed by atoms with Gasteiger partial charge < -0.3 is 19.7 Å². The molecule has 1 aliphatic rings. The highest BCUT2D eigenvalue weighted by Crippen LogP contribution is 2.35. The number of anilines is 1. The molecule has 4 aromatic rings.